The lowest BCUT2D eigenvalue weighted by atomic mass is 10.0. The van der Waals surface area contributed by atoms with Gasteiger partial charge in [-0.3, -0.25) is 4.79 Å². The number of fused-ring (bicyclic) bond motifs is 1. The molecule has 5 nitrogen and oxygen atoms in total. The van der Waals surface area contributed by atoms with Gasteiger partial charge in [-0.25, -0.2) is 4.98 Å². The van der Waals surface area contributed by atoms with E-state index in [0.29, 0.717) is 17.4 Å². The summed E-state index contributed by atoms with van der Waals surface area (Å²) >= 11 is 0. The third-order valence-corrected chi connectivity index (χ3v) is 4.13. The molecule has 118 valence electrons. The van der Waals surface area contributed by atoms with Crippen molar-refractivity contribution in [3.63, 3.8) is 0 Å². The highest BCUT2D eigenvalue weighted by Gasteiger charge is 2.38. The number of aromatic nitrogens is 1. The minimum atomic E-state index is 0. The Morgan fingerprint density at radius 2 is 1.86 bits per heavy atom. The highest BCUT2D eigenvalue weighted by Crippen LogP contribution is 2.27. The van der Waals surface area contributed by atoms with Crippen LogP contribution in [0, 0.1) is 11.8 Å². The van der Waals surface area contributed by atoms with Crippen LogP contribution in [0.3, 0.4) is 0 Å². The lowest BCUT2D eigenvalue weighted by Crippen LogP contribution is -2.32. The lowest BCUT2D eigenvalue weighted by molar-refractivity contribution is 0.0781. The van der Waals surface area contributed by atoms with Crippen molar-refractivity contribution < 1.29 is 4.79 Å². The number of amides is 1. The molecule has 1 amide bonds. The van der Waals surface area contributed by atoms with Crippen molar-refractivity contribution in [1.82, 2.24) is 15.2 Å². The van der Waals surface area contributed by atoms with Crippen molar-refractivity contribution in [2.75, 3.05) is 45.2 Å². The number of carbonyl (C=O) groups excluding carboxylic acids is 1. The van der Waals surface area contributed by atoms with Crippen molar-refractivity contribution in [2.24, 2.45) is 11.8 Å². The van der Waals surface area contributed by atoms with E-state index < -0.39 is 0 Å². The average molecular weight is 333 g/mol. The zero-order valence-corrected chi connectivity index (χ0v) is 13.9. The van der Waals surface area contributed by atoms with Crippen LogP contribution < -0.4 is 10.2 Å². The van der Waals surface area contributed by atoms with Crippen LogP contribution in [0.15, 0.2) is 18.3 Å². The first-order valence-corrected chi connectivity index (χ1v) is 6.78. The monoisotopic (exact) mass is 332 g/mol. The van der Waals surface area contributed by atoms with Crippen LogP contribution in [0.4, 0.5) is 5.82 Å². The summed E-state index contributed by atoms with van der Waals surface area (Å²) in [5.41, 5.74) is 0.693. The summed E-state index contributed by atoms with van der Waals surface area (Å²) in [6, 6.07) is 3.77. The Morgan fingerprint density at radius 3 is 2.33 bits per heavy atom. The van der Waals surface area contributed by atoms with Gasteiger partial charge in [-0.2, -0.15) is 0 Å². The number of likely N-dealkylation sites (tertiary alicyclic amines) is 1. The normalized spacial score (nSPS) is 23.0. The highest BCUT2D eigenvalue weighted by atomic mass is 35.5. The van der Waals surface area contributed by atoms with E-state index in [1.165, 1.54) is 0 Å². The molecule has 2 fully saturated rings. The van der Waals surface area contributed by atoms with Gasteiger partial charge in [0, 0.05) is 46.5 Å². The van der Waals surface area contributed by atoms with Crippen molar-refractivity contribution >= 4 is 36.5 Å². The Labute approximate surface area is 137 Å². The van der Waals surface area contributed by atoms with Crippen molar-refractivity contribution in [3.05, 3.63) is 23.9 Å². The van der Waals surface area contributed by atoms with E-state index >= 15 is 0 Å². The molecule has 0 bridgehead atoms. The Hall–Kier alpha value is -1.04. The molecule has 0 spiro atoms. The molecule has 7 heteroatoms. The molecule has 0 radical (unpaired) electrons. The van der Waals surface area contributed by atoms with E-state index in [4.69, 9.17) is 0 Å². The van der Waals surface area contributed by atoms with E-state index in [1.54, 1.807) is 6.20 Å². The number of rotatable bonds is 2. The van der Waals surface area contributed by atoms with Crippen molar-refractivity contribution in [1.29, 1.82) is 0 Å². The first kappa shape index (κ1) is 18.0. The van der Waals surface area contributed by atoms with Crippen LogP contribution in [0.25, 0.3) is 0 Å². The van der Waals surface area contributed by atoms with E-state index in [2.05, 4.69) is 10.3 Å². The van der Waals surface area contributed by atoms with Gasteiger partial charge in [-0.15, -0.1) is 24.8 Å². The maximum Gasteiger partial charge on any atom is 0.255 e. The Morgan fingerprint density at radius 1 is 1.24 bits per heavy atom. The van der Waals surface area contributed by atoms with E-state index in [-0.39, 0.29) is 30.7 Å². The zero-order valence-electron chi connectivity index (χ0n) is 12.3. The van der Waals surface area contributed by atoms with Gasteiger partial charge in [0.05, 0.1) is 5.56 Å². The van der Waals surface area contributed by atoms with Crippen LogP contribution in [-0.4, -0.2) is 56.1 Å². The summed E-state index contributed by atoms with van der Waals surface area (Å²) in [5.74, 6) is 2.27. The number of hydrogen-bond donors (Lipinski definition) is 1. The predicted octanol–water partition coefficient (Wildman–Crippen LogP) is 1.28. The van der Waals surface area contributed by atoms with Gasteiger partial charge in [0.15, 0.2) is 0 Å². The average Bonchev–Trinajstić information content (AvgIpc) is 2.98. The predicted molar refractivity (Wildman–Crippen MR) is 88.8 cm³/mol. The van der Waals surface area contributed by atoms with Gasteiger partial charge in [-0.1, -0.05) is 0 Å². The zero-order chi connectivity index (χ0) is 13.4. The van der Waals surface area contributed by atoms with E-state index in [1.807, 2.05) is 36.0 Å². The van der Waals surface area contributed by atoms with Crippen LogP contribution in [0.2, 0.25) is 0 Å². The number of nitrogens with zero attached hydrogens (tertiary/aromatic N) is 3. The molecule has 1 N–H and O–H groups in total. The number of pyridine rings is 1. The smallest absolute Gasteiger partial charge is 0.255 e. The first-order valence-electron chi connectivity index (χ1n) is 6.78. The number of halogens is 2. The topological polar surface area (TPSA) is 48.5 Å². The highest BCUT2D eigenvalue weighted by molar-refractivity contribution is 5.94. The van der Waals surface area contributed by atoms with Crippen LogP contribution in [0.5, 0.6) is 0 Å². The van der Waals surface area contributed by atoms with Crippen LogP contribution in [-0.2, 0) is 0 Å². The maximum absolute atomic E-state index is 12.4. The summed E-state index contributed by atoms with van der Waals surface area (Å²) in [6.45, 7) is 3.86. The van der Waals surface area contributed by atoms with Gasteiger partial charge >= 0.3 is 0 Å². The minimum Gasteiger partial charge on any atom is -0.363 e. The summed E-state index contributed by atoms with van der Waals surface area (Å²) in [5, 5.41) is 3.39. The number of hydrogen-bond acceptors (Lipinski definition) is 4. The lowest BCUT2D eigenvalue weighted by Gasteiger charge is -2.18. The molecule has 2 saturated heterocycles. The first-order chi connectivity index (χ1) is 9.15. The summed E-state index contributed by atoms with van der Waals surface area (Å²) < 4.78 is 0. The molecule has 0 unspecified atom stereocenters. The molecule has 2 aliphatic heterocycles. The molecule has 2 aliphatic rings. The molecular formula is C14H22Cl2N4O. The Kier molecular flexibility index (Phi) is 6.25. The van der Waals surface area contributed by atoms with Crippen LogP contribution >= 0.6 is 24.8 Å². The Bertz CT molecular complexity index is 468. The van der Waals surface area contributed by atoms with Crippen molar-refractivity contribution in [3.8, 4) is 0 Å². The van der Waals surface area contributed by atoms with Gasteiger partial charge in [0.1, 0.15) is 5.82 Å². The minimum absolute atomic E-state index is 0. The van der Waals surface area contributed by atoms with Gasteiger partial charge in [0.25, 0.3) is 5.91 Å². The summed E-state index contributed by atoms with van der Waals surface area (Å²) in [4.78, 5) is 20.6. The summed E-state index contributed by atoms with van der Waals surface area (Å²) in [7, 11) is 3.89. The molecule has 3 rings (SSSR count). The molecule has 0 aliphatic carbocycles. The van der Waals surface area contributed by atoms with Gasteiger partial charge < -0.3 is 15.1 Å². The standard InChI is InChI=1S/C14H20N4O.2ClH/c1-17(2)13-4-3-10(7-16-13)14(19)18-8-11-5-15-6-12(11)9-18;;/h3-4,7,11-12,15H,5-6,8-9H2,1-2H3;2*1H/t11-,12+;;. The molecule has 0 saturated carbocycles. The molecule has 3 heterocycles. The van der Waals surface area contributed by atoms with Gasteiger partial charge in [0.2, 0.25) is 0 Å². The fraction of sp³-hybridized carbons (Fsp3) is 0.571. The Balaban J connectivity index is 0.00000110. The quantitative estimate of drug-likeness (QED) is 0.886. The maximum atomic E-state index is 12.4. The third-order valence-electron chi connectivity index (χ3n) is 4.13. The van der Waals surface area contributed by atoms with Gasteiger partial charge in [-0.05, 0) is 24.0 Å². The largest absolute Gasteiger partial charge is 0.363 e. The van der Waals surface area contributed by atoms with Crippen LogP contribution in [0.1, 0.15) is 10.4 Å². The molecule has 0 aromatic carbocycles. The molecule has 21 heavy (non-hydrogen) atoms. The SMILES string of the molecule is CN(C)c1ccc(C(=O)N2C[C@H]3CNC[C@H]3C2)cn1.Cl.Cl. The number of nitrogens with one attached hydrogen (secondary N) is 1. The van der Waals surface area contributed by atoms with Crippen molar-refractivity contribution in [2.45, 2.75) is 0 Å². The second-order valence-corrected chi connectivity index (χ2v) is 5.69. The molecule has 1 aromatic heterocycles. The molecule has 2 atom stereocenters. The van der Waals surface area contributed by atoms with E-state index in [9.17, 15) is 4.79 Å². The van der Waals surface area contributed by atoms with E-state index in [0.717, 1.165) is 32.0 Å². The molecule has 1 aromatic rings. The fourth-order valence-electron chi connectivity index (χ4n) is 2.98. The second-order valence-electron chi connectivity index (χ2n) is 5.69. The summed E-state index contributed by atoms with van der Waals surface area (Å²) in [6.07, 6.45) is 1.68. The second kappa shape index (κ2) is 7.29. The molecular weight excluding hydrogens is 311 g/mol. The number of anilines is 1. The third kappa shape index (κ3) is 3.59. The fourth-order valence-corrected chi connectivity index (χ4v) is 2.98. The number of carbonyl (C=O) groups is 1.